The molecule has 1 N–H and O–H groups in total. The largest absolute Gasteiger partial charge is 0.507 e. The van der Waals surface area contributed by atoms with Gasteiger partial charge in [0, 0.05) is 5.56 Å². The number of anilines is 1. The monoisotopic (exact) mass is 604 g/mol. The highest BCUT2D eigenvalue weighted by molar-refractivity contribution is 7.22. The van der Waals surface area contributed by atoms with Gasteiger partial charge in [0.05, 0.1) is 21.8 Å². The maximum Gasteiger partial charge on any atom is 0.301 e. The normalized spacial score (nSPS) is 17.3. The van der Waals surface area contributed by atoms with Crippen LogP contribution in [0.1, 0.15) is 33.9 Å². The molecule has 9 heteroatoms. The summed E-state index contributed by atoms with van der Waals surface area (Å²) in [7, 11) is 0. The number of hydrogen-bond donors (Lipinski definition) is 1. The number of fused-ring (bicyclic) bond motifs is 2. The van der Waals surface area contributed by atoms with Crippen molar-refractivity contribution in [1.82, 2.24) is 4.98 Å². The Morgan fingerprint density at radius 3 is 2.48 bits per heavy atom. The van der Waals surface area contributed by atoms with Gasteiger partial charge in [0.1, 0.15) is 31.3 Å². The fraction of sp³-hybridized carbons (Fsp3) is 0.171. The third-order valence-corrected chi connectivity index (χ3v) is 8.73. The number of aliphatic hydroxyl groups is 1. The Hall–Kier alpha value is -5.15. The minimum Gasteiger partial charge on any atom is -0.507 e. The molecule has 220 valence electrons. The fourth-order valence-corrected chi connectivity index (χ4v) is 6.81. The maximum atomic E-state index is 13.8. The Morgan fingerprint density at radius 1 is 0.955 bits per heavy atom. The molecule has 2 aliphatic heterocycles. The number of hydrogen-bond acceptors (Lipinski definition) is 8. The van der Waals surface area contributed by atoms with Crippen LogP contribution in [-0.4, -0.2) is 35.0 Å². The first-order chi connectivity index (χ1) is 21.4. The van der Waals surface area contributed by atoms with Crippen LogP contribution in [0.5, 0.6) is 17.2 Å². The molecular formula is C35H28N2O6S. The Balaban J connectivity index is 1.32. The van der Waals surface area contributed by atoms with Crippen molar-refractivity contribution >= 4 is 44.1 Å². The summed E-state index contributed by atoms with van der Waals surface area (Å²) in [6, 6.07) is 25.1. The van der Waals surface area contributed by atoms with E-state index >= 15 is 0 Å². The molecule has 0 bridgehead atoms. The molecule has 1 amide bonds. The second-order valence-electron chi connectivity index (χ2n) is 10.8. The number of amides is 1. The van der Waals surface area contributed by atoms with Gasteiger partial charge < -0.3 is 19.3 Å². The lowest BCUT2D eigenvalue weighted by Gasteiger charge is -2.23. The fourth-order valence-electron chi connectivity index (χ4n) is 5.64. The van der Waals surface area contributed by atoms with Gasteiger partial charge in [-0.25, -0.2) is 4.98 Å². The summed E-state index contributed by atoms with van der Waals surface area (Å²) in [6.45, 7) is 5.17. The minimum absolute atomic E-state index is 0.0307. The summed E-state index contributed by atoms with van der Waals surface area (Å²) in [5, 5.41) is 12.0. The number of ketones is 1. The number of carbonyl (C=O) groups excluding carboxylic acids is 2. The number of carbonyl (C=O) groups is 2. The van der Waals surface area contributed by atoms with Crippen LogP contribution in [0.2, 0.25) is 0 Å². The van der Waals surface area contributed by atoms with E-state index in [1.54, 1.807) is 30.3 Å². The van der Waals surface area contributed by atoms with Crippen molar-refractivity contribution < 1.29 is 28.9 Å². The van der Waals surface area contributed by atoms with Crippen LogP contribution in [-0.2, 0) is 16.2 Å². The van der Waals surface area contributed by atoms with Crippen LogP contribution in [0.15, 0.2) is 90.5 Å². The number of Topliss-reactive ketones (excluding diaryl/α,β-unsaturated/α-hetero) is 1. The van der Waals surface area contributed by atoms with Crippen molar-refractivity contribution in [2.24, 2.45) is 0 Å². The van der Waals surface area contributed by atoms with Crippen molar-refractivity contribution in [3.05, 3.63) is 118 Å². The van der Waals surface area contributed by atoms with Crippen molar-refractivity contribution in [3.63, 3.8) is 0 Å². The van der Waals surface area contributed by atoms with Gasteiger partial charge >= 0.3 is 5.91 Å². The molecule has 1 fully saturated rings. The molecule has 1 atom stereocenters. The van der Waals surface area contributed by atoms with Crippen LogP contribution < -0.4 is 19.1 Å². The number of ether oxygens (including phenoxy) is 3. The van der Waals surface area contributed by atoms with E-state index in [9.17, 15) is 14.7 Å². The molecular weight excluding hydrogens is 576 g/mol. The molecule has 1 unspecified atom stereocenters. The SMILES string of the molecule is Cc1cc(C)c2nc(N3C(=O)C(=O)/C(=C(/O)c4ccc5c(c4)OCCO5)C3c3ccc(OCc4ccccc4)cc3)sc2c1. The van der Waals surface area contributed by atoms with Gasteiger partial charge in [-0.2, -0.15) is 0 Å². The number of rotatable bonds is 6. The van der Waals surface area contributed by atoms with Gasteiger partial charge in [-0.3, -0.25) is 14.5 Å². The highest BCUT2D eigenvalue weighted by Crippen LogP contribution is 2.45. The summed E-state index contributed by atoms with van der Waals surface area (Å²) < 4.78 is 18.2. The first-order valence-corrected chi connectivity index (χ1v) is 15.0. The predicted molar refractivity (Wildman–Crippen MR) is 169 cm³/mol. The second kappa shape index (κ2) is 11.2. The van der Waals surface area contributed by atoms with E-state index in [1.165, 1.54) is 16.2 Å². The predicted octanol–water partition coefficient (Wildman–Crippen LogP) is 6.89. The van der Waals surface area contributed by atoms with Crippen molar-refractivity contribution in [3.8, 4) is 17.2 Å². The van der Waals surface area contributed by atoms with E-state index in [0.717, 1.165) is 26.9 Å². The molecule has 1 aromatic heterocycles. The Morgan fingerprint density at radius 2 is 1.70 bits per heavy atom. The number of aromatic nitrogens is 1. The van der Waals surface area contributed by atoms with E-state index < -0.39 is 17.7 Å². The van der Waals surface area contributed by atoms with Gasteiger partial charge in [-0.1, -0.05) is 59.9 Å². The number of nitrogens with zero attached hydrogens (tertiary/aromatic N) is 2. The van der Waals surface area contributed by atoms with E-state index in [4.69, 9.17) is 19.2 Å². The molecule has 0 saturated carbocycles. The van der Waals surface area contributed by atoms with E-state index in [-0.39, 0.29) is 11.3 Å². The molecule has 4 aromatic carbocycles. The molecule has 44 heavy (non-hydrogen) atoms. The Kier molecular flexibility index (Phi) is 7.02. The lowest BCUT2D eigenvalue weighted by atomic mass is 9.95. The molecule has 0 radical (unpaired) electrons. The Labute approximate surface area is 257 Å². The number of thiazole rings is 1. The molecule has 5 aromatic rings. The zero-order chi connectivity index (χ0) is 30.4. The van der Waals surface area contributed by atoms with Crippen LogP contribution in [0, 0.1) is 13.8 Å². The quantitative estimate of drug-likeness (QED) is 0.128. The smallest absolute Gasteiger partial charge is 0.301 e. The highest BCUT2D eigenvalue weighted by Gasteiger charge is 2.48. The summed E-state index contributed by atoms with van der Waals surface area (Å²) in [5.41, 5.74) is 4.80. The zero-order valence-corrected chi connectivity index (χ0v) is 24.9. The van der Waals surface area contributed by atoms with Crippen molar-refractivity contribution in [2.75, 3.05) is 18.1 Å². The van der Waals surface area contributed by atoms with Crippen LogP contribution in [0.25, 0.3) is 16.0 Å². The van der Waals surface area contributed by atoms with Crippen LogP contribution in [0.3, 0.4) is 0 Å². The molecule has 3 heterocycles. The van der Waals surface area contributed by atoms with Gasteiger partial charge in [-0.15, -0.1) is 0 Å². The highest BCUT2D eigenvalue weighted by atomic mass is 32.1. The molecule has 1 saturated heterocycles. The first kappa shape index (κ1) is 27.7. The third-order valence-electron chi connectivity index (χ3n) is 7.73. The van der Waals surface area contributed by atoms with Gasteiger partial charge in [-0.05, 0) is 72.5 Å². The van der Waals surface area contributed by atoms with E-state index in [1.807, 2.05) is 68.4 Å². The average Bonchev–Trinajstić information content (AvgIpc) is 3.58. The lowest BCUT2D eigenvalue weighted by molar-refractivity contribution is -0.132. The van der Waals surface area contributed by atoms with Crippen LogP contribution in [0.4, 0.5) is 5.13 Å². The van der Waals surface area contributed by atoms with Crippen molar-refractivity contribution in [1.29, 1.82) is 0 Å². The molecule has 2 aliphatic rings. The summed E-state index contributed by atoms with van der Waals surface area (Å²) in [6.07, 6.45) is 0. The molecule has 0 aliphatic carbocycles. The first-order valence-electron chi connectivity index (χ1n) is 14.2. The minimum atomic E-state index is -0.923. The van der Waals surface area contributed by atoms with E-state index in [0.29, 0.717) is 53.3 Å². The Bertz CT molecular complexity index is 1950. The van der Waals surface area contributed by atoms with Gasteiger partial charge in [0.25, 0.3) is 5.78 Å². The number of aliphatic hydroxyl groups excluding tert-OH is 1. The topological polar surface area (TPSA) is 98.2 Å². The standard InChI is InChI=1S/C35H28N2O6S/c1-20-16-21(2)30-28(17-20)44-35(36-30)37-31(23-8-11-25(12-9-23)43-19-22-6-4-3-5-7-22)29(33(39)34(37)40)32(38)24-10-13-26-27(18-24)42-15-14-41-26/h3-13,16-18,31,38H,14-15,19H2,1-2H3/b32-29+. The molecule has 7 rings (SSSR count). The molecule has 0 spiro atoms. The second-order valence-corrected chi connectivity index (χ2v) is 11.8. The van der Waals surface area contributed by atoms with Gasteiger partial charge in [0.15, 0.2) is 16.6 Å². The number of aryl methyl sites for hydroxylation is 2. The van der Waals surface area contributed by atoms with E-state index in [2.05, 4.69) is 0 Å². The number of benzene rings is 4. The maximum absolute atomic E-state index is 13.8. The van der Waals surface area contributed by atoms with Crippen molar-refractivity contribution in [2.45, 2.75) is 26.5 Å². The van der Waals surface area contributed by atoms with Gasteiger partial charge in [0.2, 0.25) is 0 Å². The molecule has 8 nitrogen and oxygen atoms in total. The lowest BCUT2D eigenvalue weighted by Crippen LogP contribution is -2.29. The average molecular weight is 605 g/mol. The third kappa shape index (κ3) is 4.95. The summed E-state index contributed by atoms with van der Waals surface area (Å²) in [5.74, 6) is -0.206. The zero-order valence-electron chi connectivity index (χ0n) is 24.1. The summed E-state index contributed by atoms with van der Waals surface area (Å²) in [4.78, 5) is 33.7. The summed E-state index contributed by atoms with van der Waals surface area (Å²) >= 11 is 1.34. The van der Waals surface area contributed by atoms with Crippen LogP contribution >= 0.6 is 11.3 Å².